The van der Waals surface area contributed by atoms with Crippen LogP contribution in [0.5, 0.6) is 5.75 Å². The number of aryl methyl sites for hydroxylation is 2. The fourth-order valence-electron chi connectivity index (χ4n) is 1.32. The van der Waals surface area contributed by atoms with Gasteiger partial charge in [-0.25, -0.2) is 0 Å². The summed E-state index contributed by atoms with van der Waals surface area (Å²) in [6.07, 6.45) is 0. The Hall–Kier alpha value is -0.290. The Labute approximate surface area is 86.5 Å². The molecule has 0 aliphatic carbocycles. The molecule has 0 spiro atoms. The molecule has 0 aliphatic heterocycles. The Morgan fingerprint density at radius 3 is 2.25 bits per heavy atom. The highest BCUT2D eigenvalue weighted by Gasteiger charge is 2.02. The molecule has 12 heavy (non-hydrogen) atoms. The fraction of sp³-hybridized carbons (Fsp3) is 0.333. The summed E-state index contributed by atoms with van der Waals surface area (Å²) in [4.78, 5) is 0. The van der Waals surface area contributed by atoms with Crippen LogP contribution in [0.3, 0.4) is 0 Å². The second-order valence-corrected chi connectivity index (χ2v) is 3.63. The van der Waals surface area contributed by atoms with Crippen LogP contribution in [0.15, 0.2) is 12.1 Å². The van der Waals surface area contributed by atoms with Crippen LogP contribution in [0, 0.1) is 13.8 Å². The van der Waals surface area contributed by atoms with E-state index in [1.165, 1.54) is 5.56 Å². The van der Waals surface area contributed by atoms with Crippen molar-refractivity contribution in [2.45, 2.75) is 20.4 Å². The third kappa shape index (κ3) is 2.10. The standard InChI is InChI=1S/C9H12INO/c1-6-3-8(12)4-7(2)9(6)5-11-10/h3-4,11-12H,5H2,1-2H3. The minimum absolute atomic E-state index is 0.349. The van der Waals surface area contributed by atoms with Gasteiger partial charge in [0.1, 0.15) is 5.75 Å². The van der Waals surface area contributed by atoms with Crippen LogP contribution in [-0.4, -0.2) is 5.11 Å². The van der Waals surface area contributed by atoms with Gasteiger partial charge in [-0.2, -0.15) is 0 Å². The maximum absolute atomic E-state index is 9.26. The van der Waals surface area contributed by atoms with Gasteiger partial charge in [-0.1, -0.05) is 0 Å². The Morgan fingerprint density at radius 1 is 1.33 bits per heavy atom. The molecule has 0 unspecified atom stereocenters. The lowest BCUT2D eigenvalue weighted by Gasteiger charge is -2.08. The van der Waals surface area contributed by atoms with Crippen molar-refractivity contribution in [3.63, 3.8) is 0 Å². The predicted molar refractivity (Wildman–Crippen MR) is 58.4 cm³/mol. The molecule has 0 saturated heterocycles. The lowest BCUT2D eigenvalue weighted by atomic mass is 10.0. The zero-order valence-corrected chi connectivity index (χ0v) is 9.34. The first-order chi connectivity index (χ1) is 5.65. The lowest BCUT2D eigenvalue weighted by Crippen LogP contribution is -2.02. The van der Waals surface area contributed by atoms with Crippen LogP contribution in [0.25, 0.3) is 0 Å². The van der Waals surface area contributed by atoms with E-state index in [1.54, 1.807) is 12.1 Å². The number of phenols is 1. The minimum atomic E-state index is 0.349. The number of phenolic OH excluding ortho intramolecular Hbond substituents is 1. The monoisotopic (exact) mass is 277 g/mol. The van der Waals surface area contributed by atoms with Crippen molar-refractivity contribution in [1.29, 1.82) is 0 Å². The van der Waals surface area contributed by atoms with E-state index in [0.717, 1.165) is 17.7 Å². The van der Waals surface area contributed by atoms with E-state index in [-0.39, 0.29) is 0 Å². The number of rotatable bonds is 2. The van der Waals surface area contributed by atoms with Crippen molar-refractivity contribution < 1.29 is 5.11 Å². The average Bonchev–Trinajstić information content (AvgIpc) is 1.96. The third-order valence-corrected chi connectivity index (χ3v) is 2.31. The molecule has 0 aromatic heterocycles. The molecule has 66 valence electrons. The summed E-state index contributed by atoms with van der Waals surface area (Å²) in [7, 11) is 0. The van der Waals surface area contributed by atoms with Crippen molar-refractivity contribution >= 4 is 22.9 Å². The summed E-state index contributed by atoms with van der Waals surface area (Å²) in [6, 6.07) is 3.58. The molecule has 0 heterocycles. The van der Waals surface area contributed by atoms with Gasteiger partial charge in [0, 0.05) is 29.4 Å². The predicted octanol–water partition coefficient (Wildman–Crippen LogP) is 2.45. The van der Waals surface area contributed by atoms with E-state index in [2.05, 4.69) is 26.4 Å². The summed E-state index contributed by atoms with van der Waals surface area (Å²) in [5.41, 5.74) is 3.54. The summed E-state index contributed by atoms with van der Waals surface area (Å²) < 4.78 is 3.07. The molecule has 0 radical (unpaired) electrons. The number of hydrogen-bond donors (Lipinski definition) is 2. The minimum Gasteiger partial charge on any atom is -0.508 e. The van der Waals surface area contributed by atoms with E-state index in [0.29, 0.717) is 5.75 Å². The van der Waals surface area contributed by atoms with Crippen LogP contribution in [-0.2, 0) is 6.54 Å². The highest BCUT2D eigenvalue weighted by molar-refractivity contribution is 14.1. The van der Waals surface area contributed by atoms with Crippen LogP contribution in [0.1, 0.15) is 16.7 Å². The first-order valence-corrected chi connectivity index (χ1v) is 4.85. The summed E-state index contributed by atoms with van der Waals surface area (Å²) in [6.45, 7) is 4.87. The smallest absolute Gasteiger partial charge is 0.116 e. The number of hydrogen-bond acceptors (Lipinski definition) is 2. The maximum Gasteiger partial charge on any atom is 0.116 e. The molecule has 1 rings (SSSR count). The van der Waals surface area contributed by atoms with Crippen molar-refractivity contribution in [3.05, 3.63) is 28.8 Å². The topological polar surface area (TPSA) is 32.3 Å². The Morgan fingerprint density at radius 2 is 1.83 bits per heavy atom. The second-order valence-electron chi connectivity index (χ2n) is 2.87. The van der Waals surface area contributed by atoms with Crippen molar-refractivity contribution in [1.82, 2.24) is 3.53 Å². The molecule has 0 fully saturated rings. The van der Waals surface area contributed by atoms with Gasteiger partial charge < -0.3 is 5.11 Å². The fourth-order valence-corrected chi connectivity index (χ4v) is 1.70. The number of nitrogens with one attached hydrogen (secondary N) is 1. The maximum atomic E-state index is 9.26. The Bertz CT molecular complexity index is 263. The molecule has 0 bridgehead atoms. The number of halogens is 1. The summed E-state index contributed by atoms with van der Waals surface area (Å²) >= 11 is 2.12. The van der Waals surface area contributed by atoms with Gasteiger partial charge >= 0.3 is 0 Å². The van der Waals surface area contributed by atoms with Crippen LogP contribution < -0.4 is 3.53 Å². The third-order valence-electron chi connectivity index (χ3n) is 1.92. The molecule has 1 aromatic rings. The molecule has 2 nitrogen and oxygen atoms in total. The summed E-state index contributed by atoms with van der Waals surface area (Å²) in [5, 5.41) is 9.26. The van der Waals surface area contributed by atoms with Gasteiger partial charge in [0.15, 0.2) is 0 Å². The van der Waals surface area contributed by atoms with Gasteiger partial charge in [-0.3, -0.25) is 3.53 Å². The second kappa shape index (κ2) is 4.09. The van der Waals surface area contributed by atoms with Gasteiger partial charge in [0.05, 0.1) is 0 Å². The quantitative estimate of drug-likeness (QED) is 0.643. The van der Waals surface area contributed by atoms with Gasteiger partial charge in [0.25, 0.3) is 0 Å². The van der Waals surface area contributed by atoms with Crippen LogP contribution in [0.4, 0.5) is 0 Å². The van der Waals surface area contributed by atoms with E-state index in [9.17, 15) is 5.11 Å². The van der Waals surface area contributed by atoms with E-state index in [4.69, 9.17) is 0 Å². The summed E-state index contributed by atoms with van der Waals surface area (Å²) in [5.74, 6) is 0.349. The molecule has 3 heteroatoms. The lowest BCUT2D eigenvalue weighted by molar-refractivity contribution is 0.474. The van der Waals surface area contributed by atoms with E-state index in [1.807, 2.05) is 13.8 Å². The molecule has 1 aromatic carbocycles. The number of aromatic hydroxyl groups is 1. The van der Waals surface area contributed by atoms with E-state index < -0.39 is 0 Å². The van der Waals surface area contributed by atoms with Crippen molar-refractivity contribution in [3.8, 4) is 5.75 Å². The number of benzene rings is 1. The van der Waals surface area contributed by atoms with Crippen LogP contribution >= 0.6 is 22.9 Å². The first kappa shape index (κ1) is 9.80. The molecular formula is C9H12INO. The molecule has 0 saturated carbocycles. The van der Waals surface area contributed by atoms with Gasteiger partial charge in [0.2, 0.25) is 0 Å². The highest BCUT2D eigenvalue weighted by Crippen LogP contribution is 2.20. The molecular weight excluding hydrogens is 265 g/mol. The first-order valence-electron chi connectivity index (χ1n) is 3.77. The average molecular weight is 277 g/mol. The SMILES string of the molecule is Cc1cc(O)cc(C)c1CNI. The Kier molecular flexibility index (Phi) is 3.34. The zero-order valence-electron chi connectivity index (χ0n) is 7.19. The van der Waals surface area contributed by atoms with E-state index >= 15 is 0 Å². The highest BCUT2D eigenvalue weighted by atomic mass is 127. The zero-order chi connectivity index (χ0) is 9.14. The van der Waals surface area contributed by atoms with Crippen LogP contribution in [0.2, 0.25) is 0 Å². The van der Waals surface area contributed by atoms with Gasteiger partial charge in [-0.05, 0) is 42.7 Å². The van der Waals surface area contributed by atoms with Crippen molar-refractivity contribution in [2.24, 2.45) is 0 Å². The molecule has 0 amide bonds. The normalized spacial score (nSPS) is 10.2. The Balaban J connectivity index is 3.10. The molecule has 2 N–H and O–H groups in total. The van der Waals surface area contributed by atoms with Crippen molar-refractivity contribution in [2.75, 3.05) is 0 Å². The molecule has 0 atom stereocenters. The molecule has 0 aliphatic rings. The van der Waals surface area contributed by atoms with Gasteiger partial charge in [-0.15, -0.1) is 0 Å². The largest absolute Gasteiger partial charge is 0.508 e.